The van der Waals surface area contributed by atoms with Crippen LogP contribution in [-0.4, -0.2) is 12.6 Å². The van der Waals surface area contributed by atoms with Crippen molar-refractivity contribution in [1.29, 1.82) is 0 Å². The molecule has 1 N–H and O–H groups in total. The van der Waals surface area contributed by atoms with Crippen molar-refractivity contribution in [1.82, 2.24) is 5.32 Å². The molecule has 0 aliphatic rings. The van der Waals surface area contributed by atoms with E-state index in [4.69, 9.17) is 0 Å². The van der Waals surface area contributed by atoms with Gasteiger partial charge in [-0.05, 0) is 42.9 Å². The zero-order chi connectivity index (χ0) is 12.8. The Morgan fingerprint density at radius 1 is 1.00 bits per heavy atom. The summed E-state index contributed by atoms with van der Waals surface area (Å²) in [5.74, 6) is 1.31. The smallest absolute Gasteiger partial charge is 0.00674 e. The topological polar surface area (TPSA) is 12.0 Å². The Morgan fingerprint density at radius 2 is 1.59 bits per heavy atom. The van der Waals surface area contributed by atoms with Gasteiger partial charge in [0.05, 0.1) is 0 Å². The van der Waals surface area contributed by atoms with Crippen LogP contribution in [0.15, 0.2) is 24.3 Å². The predicted molar refractivity (Wildman–Crippen MR) is 76.5 cm³/mol. The van der Waals surface area contributed by atoms with Crippen LogP contribution in [0, 0.1) is 5.92 Å². The minimum absolute atomic E-state index is 0.588. The van der Waals surface area contributed by atoms with E-state index in [0.29, 0.717) is 17.9 Å². The van der Waals surface area contributed by atoms with Crippen molar-refractivity contribution in [3.8, 4) is 0 Å². The SMILES string of the molecule is CCNC(C)C(C)Cc1ccc(C(C)C)cc1. The second-order valence-electron chi connectivity index (χ2n) is 5.42. The van der Waals surface area contributed by atoms with Gasteiger partial charge >= 0.3 is 0 Å². The first-order valence-corrected chi connectivity index (χ1v) is 6.86. The summed E-state index contributed by atoms with van der Waals surface area (Å²) < 4.78 is 0. The maximum atomic E-state index is 3.50. The summed E-state index contributed by atoms with van der Waals surface area (Å²) in [4.78, 5) is 0. The van der Waals surface area contributed by atoms with E-state index in [1.165, 1.54) is 11.1 Å². The van der Waals surface area contributed by atoms with Crippen LogP contribution in [0.4, 0.5) is 0 Å². The first-order valence-electron chi connectivity index (χ1n) is 6.86. The van der Waals surface area contributed by atoms with Crippen molar-refractivity contribution in [3.63, 3.8) is 0 Å². The van der Waals surface area contributed by atoms with Crippen LogP contribution in [0.2, 0.25) is 0 Å². The largest absolute Gasteiger partial charge is 0.314 e. The second-order valence-corrected chi connectivity index (χ2v) is 5.42. The molecule has 0 aliphatic carbocycles. The normalized spacial score (nSPS) is 14.9. The quantitative estimate of drug-likeness (QED) is 0.783. The number of benzene rings is 1. The molecule has 1 aromatic carbocycles. The van der Waals surface area contributed by atoms with Crippen LogP contribution in [0.1, 0.15) is 51.7 Å². The molecule has 0 bridgehead atoms. The summed E-state index contributed by atoms with van der Waals surface area (Å²) in [5.41, 5.74) is 2.88. The average molecular weight is 233 g/mol. The monoisotopic (exact) mass is 233 g/mol. The van der Waals surface area contributed by atoms with Crippen molar-refractivity contribution in [2.75, 3.05) is 6.54 Å². The second kappa shape index (κ2) is 6.80. The van der Waals surface area contributed by atoms with Crippen molar-refractivity contribution in [2.24, 2.45) is 5.92 Å². The molecule has 0 fully saturated rings. The van der Waals surface area contributed by atoms with Crippen LogP contribution in [0.3, 0.4) is 0 Å². The third kappa shape index (κ3) is 4.51. The van der Waals surface area contributed by atoms with Gasteiger partial charge in [-0.3, -0.25) is 0 Å². The fourth-order valence-electron chi connectivity index (χ4n) is 2.11. The van der Waals surface area contributed by atoms with Crippen LogP contribution in [-0.2, 0) is 6.42 Å². The Hall–Kier alpha value is -0.820. The van der Waals surface area contributed by atoms with E-state index in [1.54, 1.807) is 0 Å². The maximum absolute atomic E-state index is 3.50. The Bertz CT molecular complexity index is 313. The molecule has 0 aromatic heterocycles. The van der Waals surface area contributed by atoms with Crippen LogP contribution in [0.5, 0.6) is 0 Å². The predicted octanol–water partition coefficient (Wildman–Crippen LogP) is 3.99. The summed E-state index contributed by atoms with van der Waals surface area (Å²) >= 11 is 0. The Balaban J connectivity index is 2.56. The molecular weight excluding hydrogens is 206 g/mol. The van der Waals surface area contributed by atoms with Crippen LogP contribution >= 0.6 is 0 Å². The van der Waals surface area contributed by atoms with E-state index in [1.807, 2.05) is 0 Å². The number of hydrogen-bond acceptors (Lipinski definition) is 1. The molecule has 2 atom stereocenters. The molecule has 2 unspecified atom stereocenters. The molecule has 0 radical (unpaired) electrons. The van der Waals surface area contributed by atoms with Crippen molar-refractivity contribution >= 4 is 0 Å². The third-order valence-corrected chi connectivity index (χ3v) is 3.58. The molecule has 1 nitrogen and oxygen atoms in total. The van der Waals surface area contributed by atoms with E-state index in [-0.39, 0.29) is 0 Å². The standard InChI is InChI=1S/C16H27N/c1-6-17-14(5)13(4)11-15-7-9-16(10-8-15)12(2)3/h7-10,12-14,17H,6,11H2,1-5H3. The van der Waals surface area contributed by atoms with Gasteiger partial charge in [-0.2, -0.15) is 0 Å². The molecular formula is C16H27N. The highest BCUT2D eigenvalue weighted by Gasteiger charge is 2.11. The van der Waals surface area contributed by atoms with Gasteiger partial charge in [0, 0.05) is 6.04 Å². The minimum atomic E-state index is 0.588. The van der Waals surface area contributed by atoms with Gasteiger partial charge < -0.3 is 5.32 Å². The maximum Gasteiger partial charge on any atom is 0.00674 e. The molecule has 0 saturated carbocycles. The Labute approximate surface area is 107 Å². The average Bonchev–Trinajstić information content (AvgIpc) is 2.30. The molecule has 0 aliphatic heterocycles. The van der Waals surface area contributed by atoms with E-state index in [9.17, 15) is 0 Å². The molecule has 17 heavy (non-hydrogen) atoms. The lowest BCUT2D eigenvalue weighted by atomic mass is 9.93. The van der Waals surface area contributed by atoms with Crippen LogP contribution in [0.25, 0.3) is 0 Å². The molecule has 96 valence electrons. The minimum Gasteiger partial charge on any atom is -0.314 e. The third-order valence-electron chi connectivity index (χ3n) is 3.58. The molecule has 0 saturated heterocycles. The van der Waals surface area contributed by atoms with E-state index in [2.05, 4.69) is 64.2 Å². The fraction of sp³-hybridized carbons (Fsp3) is 0.625. The molecule has 0 heterocycles. The van der Waals surface area contributed by atoms with Gasteiger partial charge in [0.1, 0.15) is 0 Å². The molecule has 1 heteroatoms. The number of hydrogen-bond donors (Lipinski definition) is 1. The first-order chi connectivity index (χ1) is 8.04. The lowest BCUT2D eigenvalue weighted by Crippen LogP contribution is -2.32. The highest BCUT2D eigenvalue weighted by molar-refractivity contribution is 5.25. The number of rotatable bonds is 6. The van der Waals surface area contributed by atoms with Crippen molar-refractivity contribution in [3.05, 3.63) is 35.4 Å². The Morgan fingerprint density at radius 3 is 2.06 bits per heavy atom. The molecule has 0 spiro atoms. The van der Waals surface area contributed by atoms with Crippen molar-refractivity contribution < 1.29 is 0 Å². The molecule has 0 amide bonds. The molecule has 1 aromatic rings. The highest BCUT2D eigenvalue weighted by atomic mass is 14.9. The summed E-state index contributed by atoms with van der Waals surface area (Å²) in [5, 5.41) is 3.50. The van der Waals surface area contributed by atoms with Gasteiger partial charge in [0.2, 0.25) is 0 Å². The lowest BCUT2D eigenvalue weighted by molar-refractivity contribution is 0.406. The van der Waals surface area contributed by atoms with Gasteiger partial charge in [-0.15, -0.1) is 0 Å². The van der Waals surface area contributed by atoms with E-state index >= 15 is 0 Å². The van der Waals surface area contributed by atoms with E-state index in [0.717, 1.165) is 13.0 Å². The Kier molecular flexibility index (Phi) is 5.70. The zero-order valence-electron chi connectivity index (χ0n) is 12.0. The van der Waals surface area contributed by atoms with Crippen molar-refractivity contribution in [2.45, 2.75) is 53.0 Å². The highest BCUT2D eigenvalue weighted by Crippen LogP contribution is 2.17. The van der Waals surface area contributed by atoms with Gasteiger partial charge in [0.15, 0.2) is 0 Å². The summed E-state index contributed by atoms with van der Waals surface area (Å²) in [6.07, 6.45) is 1.16. The van der Waals surface area contributed by atoms with E-state index < -0.39 is 0 Å². The van der Waals surface area contributed by atoms with Gasteiger partial charge in [-0.1, -0.05) is 52.0 Å². The summed E-state index contributed by atoms with van der Waals surface area (Å²) in [6.45, 7) is 12.3. The summed E-state index contributed by atoms with van der Waals surface area (Å²) in [6, 6.07) is 9.69. The number of nitrogens with one attached hydrogen (secondary N) is 1. The lowest BCUT2D eigenvalue weighted by Gasteiger charge is -2.20. The molecule has 1 rings (SSSR count). The zero-order valence-corrected chi connectivity index (χ0v) is 12.0. The van der Waals surface area contributed by atoms with Crippen LogP contribution < -0.4 is 5.32 Å². The summed E-state index contributed by atoms with van der Waals surface area (Å²) in [7, 11) is 0. The first kappa shape index (κ1) is 14.2. The van der Waals surface area contributed by atoms with Gasteiger partial charge in [-0.25, -0.2) is 0 Å². The fourth-order valence-corrected chi connectivity index (χ4v) is 2.11. The van der Waals surface area contributed by atoms with Gasteiger partial charge in [0.25, 0.3) is 0 Å².